The van der Waals surface area contributed by atoms with Crippen molar-refractivity contribution < 1.29 is 4.42 Å². The van der Waals surface area contributed by atoms with E-state index < -0.39 is 0 Å². The van der Waals surface area contributed by atoms with Crippen LogP contribution in [0.3, 0.4) is 0 Å². The first kappa shape index (κ1) is 10.9. The maximum atomic E-state index is 5.47. The molecule has 0 bridgehead atoms. The molecule has 2 heterocycles. The minimum absolute atomic E-state index is 0.585. The van der Waals surface area contributed by atoms with Crippen LogP contribution in [0.2, 0.25) is 0 Å². The molecule has 16 heavy (non-hydrogen) atoms. The fraction of sp³-hybridized carbons (Fsp3) is 0.455. The highest BCUT2D eigenvalue weighted by atomic mass is 16.3. The predicted octanol–water partition coefficient (Wildman–Crippen LogP) is 0.694. The molecule has 0 fully saturated rings. The summed E-state index contributed by atoms with van der Waals surface area (Å²) in [6.45, 7) is 0.585. The van der Waals surface area contributed by atoms with Gasteiger partial charge in [-0.3, -0.25) is 4.68 Å². The molecule has 0 unspecified atom stereocenters. The lowest BCUT2D eigenvalue weighted by atomic mass is 10.2. The minimum atomic E-state index is 0.585. The van der Waals surface area contributed by atoms with E-state index in [1.807, 2.05) is 23.9 Å². The van der Waals surface area contributed by atoms with Gasteiger partial charge in [0.15, 0.2) is 5.82 Å². The minimum Gasteiger partial charge on any atom is -0.469 e. The number of nitrogens with two attached hydrogens (primary N) is 1. The molecular formula is C11H16N4O. The van der Waals surface area contributed by atoms with Gasteiger partial charge in [0.1, 0.15) is 11.6 Å². The highest BCUT2D eigenvalue weighted by Crippen LogP contribution is 2.06. The molecule has 0 aliphatic carbocycles. The summed E-state index contributed by atoms with van der Waals surface area (Å²) in [5, 5.41) is 4.30. The Labute approximate surface area is 94.3 Å². The van der Waals surface area contributed by atoms with Crippen molar-refractivity contribution >= 4 is 0 Å². The molecule has 0 aromatic carbocycles. The van der Waals surface area contributed by atoms with Crippen LogP contribution in [-0.4, -0.2) is 21.3 Å². The summed E-state index contributed by atoms with van der Waals surface area (Å²) < 4.78 is 7.09. The van der Waals surface area contributed by atoms with Crippen LogP contribution in [-0.2, 0) is 26.3 Å². The molecule has 5 nitrogen and oxygen atoms in total. The van der Waals surface area contributed by atoms with E-state index in [0.29, 0.717) is 6.54 Å². The van der Waals surface area contributed by atoms with Gasteiger partial charge in [-0.15, -0.1) is 0 Å². The normalized spacial score (nSPS) is 10.9. The van der Waals surface area contributed by atoms with Crippen molar-refractivity contribution in [3.05, 3.63) is 35.8 Å². The van der Waals surface area contributed by atoms with E-state index in [1.165, 1.54) is 0 Å². The van der Waals surface area contributed by atoms with Gasteiger partial charge in [0.05, 0.1) is 6.26 Å². The van der Waals surface area contributed by atoms with Gasteiger partial charge in [-0.25, -0.2) is 4.98 Å². The molecule has 0 spiro atoms. The lowest BCUT2D eigenvalue weighted by molar-refractivity contribution is 0.503. The van der Waals surface area contributed by atoms with Crippen LogP contribution in [0.4, 0.5) is 0 Å². The summed E-state index contributed by atoms with van der Waals surface area (Å²) in [5.74, 6) is 2.77. The summed E-state index contributed by atoms with van der Waals surface area (Å²) in [6.07, 6.45) is 4.10. The first-order chi connectivity index (χ1) is 7.79. The molecule has 0 aliphatic heterocycles. The number of hydrogen-bond donors (Lipinski definition) is 1. The highest BCUT2D eigenvalue weighted by molar-refractivity contribution is 5.02. The zero-order valence-corrected chi connectivity index (χ0v) is 9.39. The molecule has 0 aliphatic rings. The summed E-state index contributed by atoms with van der Waals surface area (Å²) in [6, 6.07) is 3.86. The highest BCUT2D eigenvalue weighted by Gasteiger charge is 2.07. The van der Waals surface area contributed by atoms with Crippen LogP contribution < -0.4 is 5.73 Å². The van der Waals surface area contributed by atoms with Crippen LogP contribution in [0.15, 0.2) is 22.8 Å². The van der Waals surface area contributed by atoms with E-state index in [1.54, 1.807) is 6.26 Å². The smallest absolute Gasteiger partial charge is 0.152 e. The van der Waals surface area contributed by atoms with Crippen molar-refractivity contribution in [2.45, 2.75) is 19.3 Å². The molecule has 2 aromatic heterocycles. The molecular weight excluding hydrogens is 204 g/mol. The van der Waals surface area contributed by atoms with E-state index in [2.05, 4.69) is 10.1 Å². The van der Waals surface area contributed by atoms with Gasteiger partial charge in [-0.1, -0.05) is 0 Å². The Kier molecular flexibility index (Phi) is 3.36. The Morgan fingerprint density at radius 2 is 2.25 bits per heavy atom. The third-order valence-corrected chi connectivity index (χ3v) is 2.44. The number of rotatable bonds is 5. The third-order valence-electron chi connectivity index (χ3n) is 2.44. The maximum absolute atomic E-state index is 5.47. The lowest BCUT2D eigenvalue weighted by Crippen LogP contribution is -2.04. The van der Waals surface area contributed by atoms with Crippen molar-refractivity contribution in [3.8, 4) is 0 Å². The second kappa shape index (κ2) is 4.94. The molecule has 0 amide bonds. The first-order valence-electron chi connectivity index (χ1n) is 5.41. The topological polar surface area (TPSA) is 69.9 Å². The van der Waals surface area contributed by atoms with Gasteiger partial charge in [-0.05, 0) is 18.7 Å². The molecule has 2 rings (SSSR count). The summed E-state index contributed by atoms with van der Waals surface area (Å²) >= 11 is 0. The molecule has 0 saturated heterocycles. The van der Waals surface area contributed by atoms with Crippen LogP contribution in [0.5, 0.6) is 0 Å². The molecule has 0 radical (unpaired) electrons. The number of furan rings is 1. The zero-order valence-electron chi connectivity index (χ0n) is 9.39. The molecule has 0 saturated carbocycles. The van der Waals surface area contributed by atoms with E-state index in [4.69, 9.17) is 10.2 Å². The quantitative estimate of drug-likeness (QED) is 0.805. The largest absolute Gasteiger partial charge is 0.469 e. The van der Waals surface area contributed by atoms with Crippen LogP contribution >= 0.6 is 0 Å². The van der Waals surface area contributed by atoms with Crippen LogP contribution in [0, 0.1) is 0 Å². The monoisotopic (exact) mass is 220 g/mol. The lowest BCUT2D eigenvalue weighted by Gasteiger charge is -1.97. The van der Waals surface area contributed by atoms with Crippen molar-refractivity contribution in [3.63, 3.8) is 0 Å². The van der Waals surface area contributed by atoms with Gasteiger partial charge >= 0.3 is 0 Å². The molecule has 2 N–H and O–H groups in total. The second-order valence-electron chi connectivity index (χ2n) is 3.69. The van der Waals surface area contributed by atoms with Crippen molar-refractivity contribution in [2.24, 2.45) is 12.8 Å². The molecule has 0 atom stereocenters. The Balaban J connectivity index is 1.98. The third kappa shape index (κ3) is 2.49. The first-order valence-corrected chi connectivity index (χ1v) is 5.41. The molecule has 2 aromatic rings. The average Bonchev–Trinajstić information content (AvgIpc) is 2.86. The Morgan fingerprint density at radius 1 is 1.38 bits per heavy atom. The van der Waals surface area contributed by atoms with E-state index in [-0.39, 0.29) is 0 Å². The number of aromatic nitrogens is 3. The van der Waals surface area contributed by atoms with Gasteiger partial charge < -0.3 is 10.2 Å². The fourth-order valence-electron chi connectivity index (χ4n) is 1.62. The Hall–Kier alpha value is -1.62. The number of nitrogens with zero attached hydrogens (tertiary/aromatic N) is 3. The van der Waals surface area contributed by atoms with Crippen molar-refractivity contribution in [2.75, 3.05) is 6.54 Å². The second-order valence-corrected chi connectivity index (χ2v) is 3.69. The average molecular weight is 220 g/mol. The summed E-state index contributed by atoms with van der Waals surface area (Å²) in [7, 11) is 1.91. The maximum Gasteiger partial charge on any atom is 0.152 e. The summed E-state index contributed by atoms with van der Waals surface area (Å²) in [4.78, 5) is 4.43. The van der Waals surface area contributed by atoms with E-state index >= 15 is 0 Å². The standard InChI is InChI=1S/C11H16N4O/c1-15-11(13-10(14-15)6-7-12)5-4-9-3-2-8-16-9/h2-3,8H,4-7,12H2,1H3. The van der Waals surface area contributed by atoms with Crippen LogP contribution in [0.1, 0.15) is 17.4 Å². The van der Waals surface area contributed by atoms with Crippen LogP contribution in [0.25, 0.3) is 0 Å². The van der Waals surface area contributed by atoms with Crippen molar-refractivity contribution in [1.29, 1.82) is 0 Å². The Bertz CT molecular complexity index is 433. The summed E-state index contributed by atoms with van der Waals surface area (Å²) in [5.41, 5.74) is 5.47. The Morgan fingerprint density at radius 3 is 2.94 bits per heavy atom. The van der Waals surface area contributed by atoms with E-state index in [0.717, 1.165) is 36.7 Å². The fourth-order valence-corrected chi connectivity index (χ4v) is 1.62. The SMILES string of the molecule is Cn1nc(CCN)nc1CCc1ccco1. The number of hydrogen-bond acceptors (Lipinski definition) is 4. The van der Waals surface area contributed by atoms with Gasteiger partial charge in [0, 0.05) is 26.3 Å². The van der Waals surface area contributed by atoms with E-state index in [9.17, 15) is 0 Å². The zero-order chi connectivity index (χ0) is 11.4. The molecule has 5 heteroatoms. The van der Waals surface area contributed by atoms with Gasteiger partial charge in [0.25, 0.3) is 0 Å². The number of aryl methyl sites for hydroxylation is 3. The van der Waals surface area contributed by atoms with Crippen molar-refractivity contribution in [1.82, 2.24) is 14.8 Å². The van der Waals surface area contributed by atoms with Gasteiger partial charge in [-0.2, -0.15) is 5.10 Å². The predicted molar refractivity (Wildman–Crippen MR) is 59.9 cm³/mol. The van der Waals surface area contributed by atoms with Gasteiger partial charge in [0.2, 0.25) is 0 Å². The molecule has 86 valence electrons.